The summed E-state index contributed by atoms with van der Waals surface area (Å²) in [4.78, 5) is 11.4. The van der Waals surface area contributed by atoms with Crippen LogP contribution in [-0.4, -0.2) is 28.8 Å². The van der Waals surface area contributed by atoms with Crippen molar-refractivity contribution in [1.29, 1.82) is 0 Å². The maximum absolute atomic E-state index is 11.4. The highest BCUT2D eigenvalue weighted by Gasteiger charge is 2.12. The third-order valence-corrected chi connectivity index (χ3v) is 3.09. The van der Waals surface area contributed by atoms with Crippen LogP contribution in [0, 0.1) is 0 Å². The summed E-state index contributed by atoms with van der Waals surface area (Å²) in [7, 11) is 1.86. The van der Waals surface area contributed by atoms with Gasteiger partial charge in [0.2, 0.25) is 5.91 Å². The average molecular weight is 273 g/mol. The van der Waals surface area contributed by atoms with Gasteiger partial charge in [0.25, 0.3) is 0 Å². The topological polar surface area (TPSA) is 59.0 Å². The van der Waals surface area contributed by atoms with Gasteiger partial charge in [-0.2, -0.15) is 5.10 Å². The van der Waals surface area contributed by atoms with Crippen molar-refractivity contribution in [1.82, 2.24) is 20.4 Å². The normalized spacial score (nSPS) is 10.7. The molecule has 1 amide bonds. The number of hydrogen-bond donors (Lipinski definition) is 2. The number of carbonyl (C=O) groups excluding carboxylic acids is 1. The van der Waals surface area contributed by atoms with Crippen molar-refractivity contribution < 1.29 is 4.79 Å². The summed E-state index contributed by atoms with van der Waals surface area (Å²) >= 11 is 6.20. The highest BCUT2D eigenvalue weighted by Crippen LogP contribution is 2.20. The molecule has 0 saturated heterocycles. The van der Waals surface area contributed by atoms with Crippen LogP contribution in [0.5, 0.6) is 0 Å². The molecule has 0 aromatic carbocycles. The number of nitrogens with zero attached hydrogens (tertiary/aromatic N) is 2. The second kappa shape index (κ2) is 7.38. The Bertz CT molecular complexity index is 403. The number of aromatic nitrogens is 2. The molecule has 5 nitrogen and oxygen atoms in total. The fourth-order valence-electron chi connectivity index (χ4n) is 1.63. The Morgan fingerprint density at radius 1 is 1.44 bits per heavy atom. The van der Waals surface area contributed by atoms with Gasteiger partial charge < -0.3 is 10.6 Å². The molecule has 0 atom stereocenters. The molecule has 6 heteroatoms. The molecule has 102 valence electrons. The molecule has 0 fully saturated rings. The fraction of sp³-hybridized carbons (Fsp3) is 0.667. The van der Waals surface area contributed by atoms with Gasteiger partial charge in [-0.15, -0.1) is 0 Å². The summed E-state index contributed by atoms with van der Waals surface area (Å²) < 4.78 is 1.76. The predicted molar refractivity (Wildman–Crippen MR) is 72.6 cm³/mol. The van der Waals surface area contributed by atoms with Crippen molar-refractivity contribution in [3.63, 3.8) is 0 Å². The maximum Gasteiger partial charge on any atom is 0.233 e. The van der Waals surface area contributed by atoms with E-state index < -0.39 is 0 Å². The van der Waals surface area contributed by atoms with Crippen LogP contribution in [0.25, 0.3) is 0 Å². The molecule has 18 heavy (non-hydrogen) atoms. The number of nitrogens with one attached hydrogen (secondary N) is 2. The predicted octanol–water partition coefficient (Wildman–Crippen LogP) is 1.25. The van der Waals surface area contributed by atoms with E-state index in [1.165, 1.54) is 0 Å². The summed E-state index contributed by atoms with van der Waals surface area (Å²) in [5, 5.41) is 10.9. The van der Waals surface area contributed by atoms with Crippen LogP contribution in [0.2, 0.25) is 5.02 Å². The maximum atomic E-state index is 11.4. The van der Waals surface area contributed by atoms with Crippen LogP contribution in [0.15, 0.2) is 0 Å². The molecule has 0 bridgehead atoms. The molecule has 0 saturated carbocycles. The van der Waals surface area contributed by atoms with E-state index in [0.29, 0.717) is 24.7 Å². The van der Waals surface area contributed by atoms with Crippen LogP contribution in [0.3, 0.4) is 0 Å². The Morgan fingerprint density at radius 2 is 2.17 bits per heavy atom. The zero-order valence-electron chi connectivity index (χ0n) is 11.2. The molecule has 0 aliphatic heterocycles. The average Bonchev–Trinajstić information content (AvgIpc) is 2.63. The third-order valence-electron chi connectivity index (χ3n) is 2.65. The molecular weight excluding hydrogens is 252 g/mol. The van der Waals surface area contributed by atoms with Gasteiger partial charge in [0.1, 0.15) is 0 Å². The monoisotopic (exact) mass is 272 g/mol. The Labute approximate surface area is 113 Å². The molecule has 0 aliphatic carbocycles. The molecule has 0 spiro atoms. The number of aryl methyl sites for hydroxylation is 2. The van der Waals surface area contributed by atoms with Gasteiger partial charge >= 0.3 is 0 Å². The first-order valence-corrected chi connectivity index (χ1v) is 6.65. The van der Waals surface area contributed by atoms with Crippen molar-refractivity contribution in [3.05, 3.63) is 16.4 Å². The van der Waals surface area contributed by atoms with Crippen LogP contribution in [0.4, 0.5) is 0 Å². The van der Waals surface area contributed by atoms with Crippen molar-refractivity contribution in [2.75, 3.05) is 13.1 Å². The molecular formula is C12H21ClN4O. The van der Waals surface area contributed by atoms with E-state index in [9.17, 15) is 4.79 Å². The van der Waals surface area contributed by atoms with E-state index in [1.807, 2.05) is 20.9 Å². The van der Waals surface area contributed by atoms with Gasteiger partial charge in [-0.05, 0) is 12.8 Å². The van der Waals surface area contributed by atoms with Crippen molar-refractivity contribution in [3.8, 4) is 0 Å². The minimum Gasteiger partial charge on any atom is -0.355 e. The number of amides is 1. The lowest BCUT2D eigenvalue weighted by Gasteiger charge is -2.06. The van der Waals surface area contributed by atoms with Crippen LogP contribution in [-0.2, 0) is 24.8 Å². The van der Waals surface area contributed by atoms with Gasteiger partial charge in [0.05, 0.1) is 23.0 Å². The first-order chi connectivity index (χ1) is 8.60. The summed E-state index contributed by atoms with van der Waals surface area (Å²) in [6.07, 6.45) is 1.75. The van der Waals surface area contributed by atoms with E-state index in [2.05, 4.69) is 15.7 Å². The first kappa shape index (κ1) is 15.0. The minimum atomic E-state index is 0.00542. The zero-order chi connectivity index (χ0) is 13.5. The first-order valence-electron chi connectivity index (χ1n) is 6.27. The Morgan fingerprint density at radius 3 is 2.72 bits per heavy atom. The lowest BCUT2D eigenvalue weighted by atomic mass is 10.3. The molecule has 1 aromatic rings. The van der Waals surface area contributed by atoms with Gasteiger partial charge in [0.15, 0.2) is 0 Å². The van der Waals surface area contributed by atoms with Crippen LogP contribution < -0.4 is 10.6 Å². The Kier molecular flexibility index (Phi) is 6.15. The van der Waals surface area contributed by atoms with Crippen LogP contribution >= 0.6 is 11.6 Å². The Balaban J connectivity index is 2.44. The number of halogens is 1. The summed E-state index contributed by atoms with van der Waals surface area (Å²) in [5.41, 5.74) is 1.81. The van der Waals surface area contributed by atoms with Crippen LogP contribution in [0.1, 0.15) is 31.7 Å². The van der Waals surface area contributed by atoms with Crippen molar-refractivity contribution in [2.24, 2.45) is 7.05 Å². The minimum absolute atomic E-state index is 0.00542. The number of hydrogen-bond acceptors (Lipinski definition) is 3. The molecule has 2 N–H and O–H groups in total. The molecule has 0 radical (unpaired) electrons. The second-order valence-electron chi connectivity index (χ2n) is 4.14. The highest BCUT2D eigenvalue weighted by atomic mass is 35.5. The zero-order valence-corrected chi connectivity index (χ0v) is 12.0. The fourth-order valence-corrected chi connectivity index (χ4v) is 1.99. The van der Waals surface area contributed by atoms with Crippen molar-refractivity contribution >= 4 is 17.5 Å². The Hall–Kier alpha value is -1.07. The van der Waals surface area contributed by atoms with Gasteiger partial charge in [0, 0.05) is 20.1 Å². The number of carbonyl (C=O) groups is 1. The quantitative estimate of drug-likeness (QED) is 0.785. The van der Waals surface area contributed by atoms with Gasteiger partial charge in [-0.3, -0.25) is 9.48 Å². The lowest BCUT2D eigenvalue weighted by Crippen LogP contribution is -2.34. The van der Waals surface area contributed by atoms with Crippen molar-refractivity contribution in [2.45, 2.75) is 33.2 Å². The van der Waals surface area contributed by atoms with E-state index in [1.54, 1.807) is 4.68 Å². The summed E-state index contributed by atoms with van der Waals surface area (Å²) in [5.74, 6) is 0.00542. The van der Waals surface area contributed by atoms with E-state index in [0.717, 1.165) is 24.2 Å². The molecule has 1 aromatic heterocycles. The highest BCUT2D eigenvalue weighted by molar-refractivity contribution is 6.31. The van der Waals surface area contributed by atoms with Gasteiger partial charge in [-0.1, -0.05) is 25.4 Å². The molecule has 0 aliphatic rings. The molecule has 1 rings (SSSR count). The molecule has 1 heterocycles. The smallest absolute Gasteiger partial charge is 0.233 e. The lowest BCUT2D eigenvalue weighted by molar-refractivity contribution is -0.120. The standard InChI is InChI=1S/C12H21ClN4O/c1-4-6-15-11(18)8-14-7-10-12(13)9(5-2)16-17(10)3/h14H,4-8H2,1-3H3,(H,15,18). The van der Waals surface area contributed by atoms with E-state index in [-0.39, 0.29) is 5.91 Å². The second-order valence-corrected chi connectivity index (χ2v) is 4.52. The summed E-state index contributed by atoms with van der Waals surface area (Å²) in [6, 6.07) is 0. The number of rotatable bonds is 7. The van der Waals surface area contributed by atoms with E-state index in [4.69, 9.17) is 11.6 Å². The summed E-state index contributed by atoms with van der Waals surface area (Å²) in [6.45, 7) is 5.59. The SMILES string of the molecule is CCCNC(=O)CNCc1c(Cl)c(CC)nn1C. The largest absolute Gasteiger partial charge is 0.355 e. The van der Waals surface area contributed by atoms with Gasteiger partial charge in [-0.25, -0.2) is 0 Å². The van der Waals surface area contributed by atoms with E-state index >= 15 is 0 Å². The molecule has 0 unspecified atom stereocenters. The third kappa shape index (κ3) is 3.99.